The monoisotopic (exact) mass is 285 g/mol. The second-order valence-electron chi connectivity index (χ2n) is 4.89. The summed E-state index contributed by atoms with van der Waals surface area (Å²) < 4.78 is 0. The molecule has 0 fully saturated rings. The molecule has 0 bridgehead atoms. The molecule has 0 aliphatic carbocycles. The molecule has 2 aromatic rings. The first-order valence-electron chi connectivity index (χ1n) is 6.48. The lowest BCUT2D eigenvalue weighted by Gasteiger charge is -2.10. The van der Waals surface area contributed by atoms with E-state index in [1.165, 1.54) is 6.07 Å². The van der Waals surface area contributed by atoms with Gasteiger partial charge in [0, 0.05) is 18.0 Å². The van der Waals surface area contributed by atoms with Crippen LogP contribution in [0.3, 0.4) is 0 Å². The molecule has 5 nitrogen and oxygen atoms in total. The number of aromatic carboxylic acids is 1. The van der Waals surface area contributed by atoms with Crippen LogP contribution in [0.15, 0.2) is 42.7 Å². The van der Waals surface area contributed by atoms with Crippen LogP contribution in [0.25, 0.3) is 11.1 Å². The molecule has 0 aliphatic heterocycles. The van der Waals surface area contributed by atoms with E-state index in [9.17, 15) is 9.59 Å². The third-order valence-electron chi connectivity index (χ3n) is 3.25. The highest BCUT2D eigenvalue weighted by Crippen LogP contribution is 2.25. The van der Waals surface area contributed by atoms with Gasteiger partial charge in [-0.1, -0.05) is 19.1 Å². The van der Waals surface area contributed by atoms with Crippen molar-refractivity contribution in [3.8, 4) is 11.1 Å². The van der Waals surface area contributed by atoms with E-state index < -0.39 is 11.9 Å². The molecule has 0 aliphatic rings. The quantitative estimate of drug-likeness (QED) is 0.881. The van der Waals surface area contributed by atoms with Crippen LogP contribution < -0.4 is 0 Å². The molecule has 0 radical (unpaired) electrons. The highest BCUT2D eigenvalue weighted by atomic mass is 16.4. The van der Waals surface area contributed by atoms with Crippen molar-refractivity contribution in [3.05, 3.63) is 53.9 Å². The molecule has 0 saturated heterocycles. The number of nitrogens with zero attached hydrogens (tertiary/aromatic N) is 1. The van der Waals surface area contributed by atoms with Gasteiger partial charge in [-0.15, -0.1) is 0 Å². The Hall–Kier alpha value is -2.69. The van der Waals surface area contributed by atoms with Crippen molar-refractivity contribution in [1.29, 1.82) is 0 Å². The Balaban J connectivity index is 2.35. The van der Waals surface area contributed by atoms with Crippen molar-refractivity contribution in [2.75, 3.05) is 0 Å². The summed E-state index contributed by atoms with van der Waals surface area (Å²) in [6.07, 6.45) is 3.30. The van der Waals surface area contributed by atoms with Crippen LogP contribution in [0, 0.1) is 0 Å². The van der Waals surface area contributed by atoms with Crippen molar-refractivity contribution >= 4 is 11.9 Å². The molecule has 21 heavy (non-hydrogen) atoms. The number of hydrogen-bond donors (Lipinski definition) is 2. The Bertz CT molecular complexity index is 681. The number of aromatic nitrogens is 1. The standard InChI is InChI=1S/C16H15NO4/c1-10(5-15(18)19)13-7-14(9-17-8-13)11-3-2-4-12(6-11)16(20)21/h2-4,6-10H,5H2,1H3,(H,18,19)(H,20,21). The number of carboxylic acids is 2. The molecule has 2 N–H and O–H groups in total. The van der Waals surface area contributed by atoms with Crippen LogP contribution in [-0.4, -0.2) is 27.1 Å². The van der Waals surface area contributed by atoms with Crippen molar-refractivity contribution in [2.24, 2.45) is 0 Å². The van der Waals surface area contributed by atoms with Gasteiger partial charge >= 0.3 is 11.9 Å². The first kappa shape index (κ1) is 14.7. The average molecular weight is 285 g/mol. The number of carboxylic acid groups (broad SMARTS) is 2. The number of aliphatic carboxylic acids is 1. The first-order chi connectivity index (χ1) is 9.97. The van der Waals surface area contributed by atoms with Crippen molar-refractivity contribution in [3.63, 3.8) is 0 Å². The maximum Gasteiger partial charge on any atom is 0.335 e. The molecule has 5 heteroatoms. The van der Waals surface area contributed by atoms with E-state index in [0.717, 1.165) is 16.7 Å². The van der Waals surface area contributed by atoms with E-state index in [2.05, 4.69) is 4.98 Å². The van der Waals surface area contributed by atoms with Crippen LogP contribution in [0.1, 0.15) is 35.2 Å². The molecule has 1 aromatic carbocycles. The lowest BCUT2D eigenvalue weighted by Crippen LogP contribution is -2.03. The van der Waals surface area contributed by atoms with Gasteiger partial charge in [0.25, 0.3) is 0 Å². The Morgan fingerprint density at radius 3 is 2.57 bits per heavy atom. The van der Waals surface area contributed by atoms with Gasteiger partial charge in [0.15, 0.2) is 0 Å². The summed E-state index contributed by atoms with van der Waals surface area (Å²) in [5.74, 6) is -2.00. The molecule has 0 saturated carbocycles. The van der Waals surface area contributed by atoms with Crippen LogP contribution >= 0.6 is 0 Å². The van der Waals surface area contributed by atoms with Gasteiger partial charge in [-0.3, -0.25) is 9.78 Å². The second kappa shape index (κ2) is 6.17. The van der Waals surface area contributed by atoms with Crippen LogP contribution in [-0.2, 0) is 4.79 Å². The topological polar surface area (TPSA) is 87.5 Å². The Morgan fingerprint density at radius 2 is 1.90 bits per heavy atom. The Kier molecular flexibility index (Phi) is 4.33. The Labute approximate surface area is 121 Å². The highest BCUT2D eigenvalue weighted by Gasteiger charge is 2.12. The fourth-order valence-electron chi connectivity index (χ4n) is 2.10. The van der Waals surface area contributed by atoms with Crippen molar-refractivity contribution in [1.82, 2.24) is 4.98 Å². The van der Waals surface area contributed by atoms with E-state index in [1.807, 2.05) is 13.0 Å². The first-order valence-corrected chi connectivity index (χ1v) is 6.48. The number of carbonyl (C=O) groups is 2. The third kappa shape index (κ3) is 3.66. The fourth-order valence-corrected chi connectivity index (χ4v) is 2.10. The molecule has 1 unspecified atom stereocenters. The predicted octanol–water partition coefficient (Wildman–Crippen LogP) is 3.03. The zero-order chi connectivity index (χ0) is 15.4. The minimum Gasteiger partial charge on any atom is -0.481 e. The van der Waals surface area contributed by atoms with Gasteiger partial charge < -0.3 is 10.2 Å². The van der Waals surface area contributed by atoms with Crippen molar-refractivity contribution in [2.45, 2.75) is 19.3 Å². The van der Waals surface area contributed by atoms with Crippen LogP contribution in [0.4, 0.5) is 0 Å². The number of pyridine rings is 1. The van der Waals surface area contributed by atoms with Gasteiger partial charge in [0.2, 0.25) is 0 Å². The zero-order valence-electron chi connectivity index (χ0n) is 11.5. The lowest BCUT2D eigenvalue weighted by atomic mass is 9.96. The number of hydrogen-bond acceptors (Lipinski definition) is 3. The summed E-state index contributed by atoms with van der Waals surface area (Å²) in [7, 11) is 0. The van der Waals surface area contributed by atoms with Gasteiger partial charge in [-0.05, 0) is 35.2 Å². The van der Waals surface area contributed by atoms with E-state index in [1.54, 1.807) is 30.6 Å². The third-order valence-corrected chi connectivity index (χ3v) is 3.25. The summed E-state index contributed by atoms with van der Waals surface area (Å²) in [5, 5.41) is 17.9. The average Bonchev–Trinajstić information content (AvgIpc) is 2.47. The maximum atomic E-state index is 11.0. The molecular weight excluding hydrogens is 270 g/mol. The van der Waals surface area contributed by atoms with Crippen LogP contribution in [0.5, 0.6) is 0 Å². The summed E-state index contributed by atoms with van der Waals surface area (Å²) in [4.78, 5) is 25.9. The highest BCUT2D eigenvalue weighted by molar-refractivity contribution is 5.89. The molecule has 0 spiro atoms. The number of rotatable bonds is 5. The van der Waals surface area contributed by atoms with E-state index >= 15 is 0 Å². The largest absolute Gasteiger partial charge is 0.481 e. The van der Waals surface area contributed by atoms with Crippen LogP contribution in [0.2, 0.25) is 0 Å². The molecule has 0 amide bonds. The lowest BCUT2D eigenvalue weighted by molar-refractivity contribution is -0.137. The second-order valence-corrected chi connectivity index (χ2v) is 4.89. The summed E-state index contributed by atoms with van der Waals surface area (Å²) in [6, 6.07) is 8.42. The molecule has 1 atom stereocenters. The summed E-state index contributed by atoms with van der Waals surface area (Å²) in [6.45, 7) is 1.82. The SMILES string of the molecule is CC(CC(=O)O)c1cncc(-c2cccc(C(=O)O)c2)c1. The van der Waals surface area contributed by atoms with E-state index in [4.69, 9.17) is 10.2 Å². The molecule has 1 heterocycles. The predicted molar refractivity (Wildman–Crippen MR) is 77.3 cm³/mol. The van der Waals surface area contributed by atoms with Gasteiger partial charge in [-0.25, -0.2) is 4.79 Å². The van der Waals surface area contributed by atoms with E-state index in [0.29, 0.717) is 0 Å². The smallest absolute Gasteiger partial charge is 0.335 e. The summed E-state index contributed by atoms with van der Waals surface area (Å²) in [5.41, 5.74) is 2.53. The molecule has 108 valence electrons. The minimum atomic E-state index is -0.986. The molecule has 2 rings (SSSR count). The normalized spacial score (nSPS) is 11.9. The minimum absolute atomic E-state index is 0.0281. The van der Waals surface area contributed by atoms with Gasteiger partial charge in [0.05, 0.1) is 12.0 Å². The molecule has 1 aromatic heterocycles. The summed E-state index contributed by atoms with van der Waals surface area (Å²) >= 11 is 0. The maximum absolute atomic E-state index is 11.0. The number of benzene rings is 1. The van der Waals surface area contributed by atoms with E-state index in [-0.39, 0.29) is 17.9 Å². The van der Waals surface area contributed by atoms with Gasteiger partial charge in [0.1, 0.15) is 0 Å². The fraction of sp³-hybridized carbons (Fsp3) is 0.188. The Morgan fingerprint density at radius 1 is 1.14 bits per heavy atom. The van der Waals surface area contributed by atoms with Crippen molar-refractivity contribution < 1.29 is 19.8 Å². The zero-order valence-corrected chi connectivity index (χ0v) is 11.5. The molecular formula is C16H15NO4. The van der Waals surface area contributed by atoms with Gasteiger partial charge in [-0.2, -0.15) is 0 Å².